The van der Waals surface area contributed by atoms with Crippen LogP contribution in [0, 0.1) is 11.8 Å². The maximum Gasteiger partial charge on any atom is 0.226 e. The van der Waals surface area contributed by atoms with Crippen LogP contribution in [0.25, 0.3) is 10.8 Å². The Hall–Kier alpha value is -2.69. The normalized spacial score (nSPS) is 18.8. The third kappa shape index (κ3) is 5.99. The molecule has 2 fully saturated rings. The number of hydrogen-bond donors (Lipinski definition) is 0. The van der Waals surface area contributed by atoms with Gasteiger partial charge in [0.25, 0.3) is 0 Å². The van der Waals surface area contributed by atoms with Crippen LogP contribution in [0.1, 0.15) is 43.7 Å². The Kier molecular flexibility index (Phi) is 8.35. The van der Waals surface area contributed by atoms with E-state index >= 15 is 0 Å². The Morgan fingerprint density at radius 1 is 0.889 bits per heavy atom. The van der Waals surface area contributed by atoms with Gasteiger partial charge in [-0.05, 0) is 86.0 Å². The second-order valence-corrected chi connectivity index (χ2v) is 10.6. The zero-order valence-electron chi connectivity index (χ0n) is 21.6. The number of hydrogen-bond acceptors (Lipinski definition) is 3. The molecule has 0 radical (unpaired) electrons. The van der Waals surface area contributed by atoms with Crippen LogP contribution >= 0.6 is 0 Å². The fourth-order valence-electron chi connectivity index (χ4n) is 6.21. The molecular weight excluding hydrogens is 444 g/mol. The molecule has 3 aromatic carbocycles. The first-order valence-electron chi connectivity index (χ1n) is 13.8. The van der Waals surface area contributed by atoms with Gasteiger partial charge in [0, 0.05) is 38.3 Å². The second-order valence-electron chi connectivity index (χ2n) is 10.6. The molecule has 3 aromatic rings. The second kappa shape index (κ2) is 12.0. The third-order valence-electron chi connectivity index (χ3n) is 8.28. The van der Waals surface area contributed by atoms with Gasteiger partial charge >= 0.3 is 0 Å². The van der Waals surface area contributed by atoms with E-state index in [0.717, 1.165) is 58.3 Å². The smallest absolute Gasteiger partial charge is 0.226 e. The van der Waals surface area contributed by atoms with Crippen molar-refractivity contribution < 1.29 is 9.53 Å². The maximum absolute atomic E-state index is 13.7. The van der Waals surface area contributed by atoms with Crippen molar-refractivity contribution in [1.29, 1.82) is 0 Å². The summed E-state index contributed by atoms with van der Waals surface area (Å²) in [5.41, 5.74) is 2.72. The number of piperidine rings is 1. The van der Waals surface area contributed by atoms with Crippen molar-refractivity contribution in [3.05, 3.63) is 83.9 Å². The number of likely N-dealkylation sites (N-methyl/N-ethyl adjacent to an activating group) is 1. The van der Waals surface area contributed by atoms with E-state index in [1.165, 1.54) is 21.9 Å². The lowest BCUT2D eigenvalue weighted by atomic mass is 9.83. The summed E-state index contributed by atoms with van der Waals surface area (Å²) in [7, 11) is 0. The van der Waals surface area contributed by atoms with Crippen molar-refractivity contribution in [2.24, 2.45) is 11.8 Å². The van der Waals surface area contributed by atoms with Crippen LogP contribution in [0.15, 0.2) is 72.8 Å². The first kappa shape index (κ1) is 25.0. The molecule has 4 heteroatoms. The van der Waals surface area contributed by atoms with Crippen molar-refractivity contribution in [3.8, 4) is 0 Å². The molecule has 2 saturated heterocycles. The first-order chi connectivity index (χ1) is 17.7. The molecule has 2 heterocycles. The number of carbonyl (C=O) groups excluding carboxylic acids is 1. The lowest BCUT2D eigenvalue weighted by Gasteiger charge is -2.42. The monoisotopic (exact) mass is 484 g/mol. The van der Waals surface area contributed by atoms with Gasteiger partial charge in [0.15, 0.2) is 0 Å². The number of ether oxygens (including phenoxy) is 1. The number of likely N-dealkylation sites (tertiary alicyclic amines) is 1. The van der Waals surface area contributed by atoms with E-state index < -0.39 is 0 Å². The Labute approximate surface area is 216 Å². The lowest BCUT2D eigenvalue weighted by Crippen LogP contribution is -2.51. The van der Waals surface area contributed by atoms with E-state index in [1.807, 2.05) is 0 Å². The molecule has 5 rings (SSSR count). The number of fused-ring (bicyclic) bond motifs is 1. The van der Waals surface area contributed by atoms with Gasteiger partial charge in [-0.15, -0.1) is 0 Å². The van der Waals surface area contributed by atoms with Gasteiger partial charge in [0.2, 0.25) is 5.91 Å². The zero-order valence-corrected chi connectivity index (χ0v) is 21.6. The van der Waals surface area contributed by atoms with Crippen LogP contribution in [0.2, 0.25) is 0 Å². The average Bonchev–Trinajstić information content (AvgIpc) is 2.94. The largest absolute Gasteiger partial charge is 0.381 e. The third-order valence-corrected chi connectivity index (χ3v) is 8.28. The Balaban J connectivity index is 1.27. The Bertz CT molecular complexity index is 1120. The fraction of sp³-hybridized carbons (Fsp3) is 0.469. The zero-order chi connectivity index (χ0) is 24.7. The molecule has 2 aliphatic heterocycles. The van der Waals surface area contributed by atoms with Gasteiger partial charge in [-0.2, -0.15) is 0 Å². The summed E-state index contributed by atoms with van der Waals surface area (Å²) in [4.78, 5) is 18.5. The highest BCUT2D eigenvalue weighted by molar-refractivity contribution is 5.83. The average molecular weight is 485 g/mol. The van der Waals surface area contributed by atoms with Crippen molar-refractivity contribution in [3.63, 3.8) is 0 Å². The molecule has 1 atom stereocenters. The minimum absolute atomic E-state index is 0.116. The van der Waals surface area contributed by atoms with Crippen molar-refractivity contribution in [2.75, 3.05) is 32.8 Å². The van der Waals surface area contributed by atoms with Gasteiger partial charge in [-0.25, -0.2) is 0 Å². The van der Waals surface area contributed by atoms with E-state index in [2.05, 4.69) is 89.5 Å². The van der Waals surface area contributed by atoms with Crippen LogP contribution in [-0.2, 0) is 22.5 Å². The molecule has 2 aliphatic rings. The highest BCUT2D eigenvalue weighted by Gasteiger charge is 2.35. The molecule has 0 spiro atoms. The number of carbonyl (C=O) groups is 1. The van der Waals surface area contributed by atoms with Crippen molar-refractivity contribution >= 4 is 16.7 Å². The van der Waals surface area contributed by atoms with Crippen LogP contribution in [0.4, 0.5) is 0 Å². The first-order valence-corrected chi connectivity index (χ1v) is 13.8. The predicted molar refractivity (Wildman–Crippen MR) is 147 cm³/mol. The molecule has 0 aliphatic carbocycles. The van der Waals surface area contributed by atoms with Gasteiger partial charge in [-0.3, -0.25) is 9.69 Å². The number of nitrogens with zero attached hydrogens (tertiary/aromatic N) is 2. The standard InChI is InChI=1S/C32H40N2O2/c1-2-34(32(35)29-16-20-36-21-17-29)31(23-25-8-4-3-5-9-25)28-14-18-33(19-15-28)24-26-12-13-27-10-6-7-11-30(27)22-26/h3-13,22,28-29,31H,2,14-21,23-24H2,1H3. The predicted octanol–water partition coefficient (Wildman–Crippen LogP) is 5.94. The van der Waals surface area contributed by atoms with E-state index in [1.54, 1.807) is 0 Å². The lowest BCUT2D eigenvalue weighted by molar-refractivity contribution is -0.142. The molecule has 0 saturated carbocycles. The van der Waals surface area contributed by atoms with Gasteiger partial charge < -0.3 is 9.64 Å². The summed E-state index contributed by atoms with van der Waals surface area (Å²) < 4.78 is 5.54. The number of amides is 1. The summed E-state index contributed by atoms with van der Waals surface area (Å²) in [6.45, 7) is 7.54. The topological polar surface area (TPSA) is 32.8 Å². The van der Waals surface area contributed by atoms with Crippen LogP contribution in [0.3, 0.4) is 0 Å². The van der Waals surface area contributed by atoms with Crippen molar-refractivity contribution in [1.82, 2.24) is 9.80 Å². The molecule has 0 N–H and O–H groups in total. The Morgan fingerprint density at radius 3 is 2.31 bits per heavy atom. The summed E-state index contributed by atoms with van der Waals surface area (Å²) in [5, 5.41) is 2.62. The van der Waals surface area contributed by atoms with E-state index in [9.17, 15) is 4.79 Å². The van der Waals surface area contributed by atoms with Gasteiger partial charge in [0.1, 0.15) is 0 Å². The minimum Gasteiger partial charge on any atom is -0.381 e. The summed E-state index contributed by atoms with van der Waals surface area (Å²) in [6.07, 6.45) is 4.94. The van der Waals surface area contributed by atoms with Crippen LogP contribution < -0.4 is 0 Å². The highest BCUT2D eigenvalue weighted by atomic mass is 16.5. The van der Waals surface area contributed by atoms with Gasteiger partial charge in [0.05, 0.1) is 0 Å². The molecule has 1 amide bonds. The Morgan fingerprint density at radius 2 is 1.58 bits per heavy atom. The molecule has 4 nitrogen and oxygen atoms in total. The van der Waals surface area contributed by atoms with E-state index in [-0.39, 0.29) is 12.0 Å². The van der Waals surface area contributed by atoms with Gasteiger partial charge in [-0.1, -0.05) is 66.7 Å². The molecule has 190 valence electrons. The molecule has 0 aromatic heterocycles. The highest BCUT2D eigenvalue weighted by Crippen LogP contribution is 2.30. The number of rotatable bonds is 8. The van der Waals surface area contributed by atoms with Crippen LogP contribution in [-0.4, -0.2) is 54.6 Å². The number of benzene rings is 3. The van der Waals surface area contributed by atoms with Crippen LogP contribution in [0.5, 0.6) is 0 Å². The summed E-state index contributed by atoms with van der Waals surface area (Å²) in [6, 6.07) is 26.5. The maximum atomic E-state index is 13.7. The van der Waals surface area contributed by atoms with E-state index in [0.29, 0.717) is 25.0 Å². The summed E-state index contributed by atoms with van der Waals surface area (Å²) >= 11 is 0. The van der Waals surface area contributed by atoms with E-state index in [4.69, 9.17) is 4.74 Å². The molecular formula is C32H40N2O2. The minimum atomic E-state index is 0.116. The molecule has 0 bridgehead atoms. The quantitative estimate of drug-likeness (QED) is 0.397. The molecule has 36 heavy (non-hydrogen) atoms. The molecule has 1 unspecified atom stereocenters. The SMILES string of the molecule is CCN(C(=O)C1CCOCC1)C(Cc1ccccc1)C1CCN(Cc2ccc3ccccc3c2)CC1. The van der Waals surface area contributed by atoms with Crippen molar-refractivity contribution in [2.45, 2.75) is 51.6 Å². The fourth-order valence-corrected chi connectivity index (χ4v) is 6.21. The summed E-state index contributed by atoms with van der Waals surface area (Å²) in [5.74, 6) is 0.993.